The van der Waals surface area contributed by atoms with Crippen LogP contribution in [0.3, 0.4) is 0 Å². The Morgan fingerprint density at radius 3 is 2.45 bits per heavy atom. The quantitative estimate of drug-likeness (QED) is 0.450. The molecular formula is C19H34O3. The van der Waals surface area contributed by atoms with Crippen LogP contribution in [0.25, 0.3) is 0 Å². The van der Waals surface area contributed by atoms with E-state index in [2.05, 4.69) is 26.0 Å². The lowest BCUT2D eigenvalue weighted by atomic mass is 9.88. The molecule has 3 heteroatoms. The average molecular weight is 310 g/mol. The molecule has 0 aliphatic heterocycles. The van der Waals surface area contributed by atoms with E-state index in [0.29, 0.717) is 6.42 Å². The summed E-state index contributed by atoms with van der Waals surface area (Å²) in [6.45, 7) is 6.06. The third-order valence-electron chi connectivity index (χ3n) is 4.69. The summed E-state index contributed by atoms with van der Waals surface area (Å²) in [5, 5.41) is 30.7. The molecule has 3 unspecified atom stereocenters. The number of hydrogen-bond donors (Lipinski definition) is 3. The van der Waals surface area contributed by atoms with Crippen molar-refractivity contribution in [2.75, 3.05) is 0 Å². The predicted molar refractivity (Wildman–Crippen MR) is 91.6 cm³/mol. The molecule has 5 atom stereocenters. The Hall–Kier alpha value is -0.640. The van der Waals surface area contributed by atoms with Gasteiger partial charge < -0.3 is 15.3 Å². The molecule has 0 saturated heterocycles. The van der Waals surface area contributed by atoms with Crippen molar-refractivity contribution < 1.29 is 15.3 Å². The van der Waals surface area contributed by atoms with Crippen molar-refractivity contribution in [3.05, 3.63) is 24.3 Å². The summed E-state index contributed by atoms with van der Waals surface area (Å²) in [5.74, 6) is -0.0327. The SMILES string of the molecule is CC/C=C\CC1C(/C=C/C(C)(O)CCCCC)[C@H](O)C[C@@H]1O. The van der Waals surface area contributed by atoms with E-state index in [9.17, 15) is 15.3 Å². The minimum absolute atomic E-state index is 0.0421. The first-order valence-corrected chi connectivity index (χ1v) is 8.84. The lowest BCUT2D eigenvalue weighted by Crippen LogP contribution is -2.24. The first kappa shape index (κ1) is 19.4. The molecule has 3 nitrogen and oxygen atoms in total. The summed E-state index contributed by atoms with van der Waals surface area (Å²) in [4.78, 5) is 0. The molecule has 128 valence electrons. The van der Waals surface area contributed by atoms with Crippen molar-refractivity contribution in [2.45, 2.75) is 83.5 Å². The third kappa shape index (κ3) is 6.23. The van der Waals surface area contributed by atoms with Gasteiger partial charge >= 0.3 is 0 Å². The third-order valence-corrected chi connectivity index (χ3v) is 4.69. The van der Waals surface area contributed by atoms with Crippen LogP contribution in [0.15, 0.2) is 24.3 Å². The maximum Gasteiger partial charge on any atom is 0.0799 e. The van der Waals surface area contributed by atoms with Gasteiger partial charge in [0.15, 0.2) is 0 Å². The van der Waals surface area contributed by atoms with Gasteiger partial charge in [-0.2, -0.15) is 0 Å². The molecule has 1 fully saturated rings. The van der Waals surface area contributed by atoms with Crippen LogP contribution in [0.4, 0.5) is 0 Å². The molecule has 0 bridgehead atoms. The van der Waals surface area contributed by atoms with Crippen LogP contribution in [0.1, 0.15) is 65.7 Å². The molecule has 0 radical (unpaired) electrons. The van der Waals surface area contributed by atoms with Crippen molar-refractivity contribution in [1.29, 1.82) is 0 Å². The van der Waals surface area contributed by atoms with Crippen molar-refractivity contribution in [3.63, 3.8) is 0 Å². The Morgan fingerprint density at radius 2 is 1.82 bits per heavy atom. The van der Waals surface area contributed by atoms with Gasteiger partial charge in [0, 0.05) is 12.3 Å². The highest BCUT2D eigenvalue weighted by atomic mass is 16.3. The van der Waals surface area contributed by atoms with E-state index < -0.39 is 17.8 Å². The number of unbranched alkanes of at least 4 members (excludes halogenated alkanes) is 2. The molecule has 3 N–H and O–H groups in total. The summed E-state index contributed by atoms with van der Waals surface area (Å²) >= 11 is 0. The lowest BCUT2D eigenvalue weighted by Gasteiger charge is -2.23. The van der Waals surface area contributed by atoms with Crippen LogP contribution in [0, 0.1) is 11.8 Å². The van der Waals surface area contributed by atoms with Crippen LogP contribution >= 0.6 is 0 Å². The fraction of sp³-hybridized carbons (Fsp3) is 0.789. The van der Waals surface area contributed by atoms with Gasteiger partial charge in [0.1, 0.15) is 0 Å². The Kier molecular flexibility index (Phi) is 8.37. The summed E-state index contributed by atoms with van der Waals surface area (Å²) in [6.07, 6.45) is 13.2. The van der Waals surface area contributed by atoms with Crippen molar-refractivity contribution >= 4 is 0 Å². The molecule has 0 aromatic carbocycles. The number of hydrogen-bond acceptors (Lipinski definition) is 3. The fourth-order valence-corrected chi connectivity index (χ4v) is 3.26. The molecule has 1 rings (SSSR count). The van der Waals surface area contributed by atoms with Gasteiger partial charge in [-0.25, -0.2) is 0 Å². The van der Waals surface area contributed by atoms with Gasteiger partial charge in [0.2, 0.25) is 0 Å². The van der Waals surface area contributed by atoms with Crippen LogP contribution in [0.2, 0.25) is 0 Å². The molecule has 0 aromatic heterocycles. The maximum atomic E-state index is 10.4. The second kappa shape index (κ2) is 9.49. The molecule has 22 heavy (non-hydrogen) atoms. The Balaban J connectivity index is 2.65. The first-order chi connectivity index (χ1) is 10.4. The normalized spacial score (nSPS) is 32.1. The molecule has 1 aliphatic rings. The highest BCUT2D eigenvalue weighted by molar-refractivity contribution is 5.08. The lowest BCUT2D eigenvalue weighted by molar-refractivity contribution is 0.0954. The van der Waals surface area contributed by atoms with Gasteiger partial charge in [0.05, 0.1) is 17.8 Å². The Bertz CT molecular complexity index is 360. The van der Waals surface area contributed by atoms with Crippen molar-refractivity contribution in [3.8, 4) is 0 Å². The van der Waals surface area contributed by atoms with Crippen LogP contribution in [0.5, 0.6) is 0 Å². The van der Waals surface area contributed by atoms with Crippen LogP contribution in [-0.4, -0.2) is 33.1 Å². The topological polar surface area (TPSA) is 60.7 Å². The van der Waals surface area contributed by atoms with Gasteiger partial charge in [-0.1, -0.05) is 57.4 Å². The summed E-state index contributed by atoms with van der Waals surface area (Å²) in [7, 11) is 0. The van der Waals surface area contributed by atoms with E-state index >= 15 is 0 Å². The minimum atomic E-state index is -0.827. The molecule has 0 spiro atoms. The van der Waals surface area contributed by atoms with Gasteiger partial charge in [-0.15, -0.1) is 0 Å². The summed E-state index contributed by atoms with van der Waals surface area (Å²) < 4.78 is 0. The molecule has 1 saturated carbocycles. The van der Waals surface area contributed by atoms with Crippen LogP contribution in [-0.2, 0) is 0 Å². The van der Waals surface area contributed by atoms with E-state index in [4.69, 9.17) is 0 Å². The number of aliphatic hydroxyl groups excluding tert-OH is 2. The van der Waals surface area contributed by atoms with Crippen LogP contribution < -0.4 is 0 Å². The monoisotopic (exact) mass is 310 g/mol. The molecule has 1 aliphatic carbocycles. The zero-order valence-corrected chi connectivity index (χ0v) is 14.4. The highest BCUT2D eigenvalue weighted by Gasteiger charge is 2.39. The zero-order chi connectivity index (χ0) is 16.6. The maximum absolute atomic E-state index is 10.4. The van der Waals surface area contributed by atoms with Gasteiger partial charge in [0.25, 0.3) is 0 Å². The zero-order valence-electron chi connectivity index (χ0n) is 14.4. The number of rotatable bonds is 9. The molecular weight excluding hydrogens is 276 g/mol. The smallest absolute Gasteiger partial charge is 0.0799 e. The molecule has 0 amide bonds. The Morgan fingerprint density at radius 1 is 1.09 bits per heavy atom. The van der Waals surface area contributed by atoms with Crippen molar-refractivity contribution in [1.82, 2.24) is 0 Å². The fourth-order valence-electron chi connectivity index (χ4n) is 3.26. The van der Waals surface area contributed by atoms with Crippen molar-refractivity contribution in [2.24, 2.45) is 11.8 Å². The second-order valence-electron chi connectivity index (χ2n) is 6.90. The first-order valence-electron chi connectivity index (χ1n) is 8.84. The van der Waals surface area contributed by atoms with E-state index in [1.807, 2.05) is 19.1 Å². The van der Waals surface area contributed by atoms with Gasteiger partial charge in [-0.3, -0.25) is 0 Å². The molecule has 0 aromatic rings. The second-order valence-corrected chi connectivity index (χ2v) is 6.90. The highest BCUT2D eigenvalue weighted by Crippen LogP contribution is 2.36. The Labute approximate surface area is 135 Å². The largest absolute Gasteiger partial charge is 0.393 e. The van der Waals surface area contributed by atoms with Gasteiger partial charge in [-0.05, 0) is 32.1 Å². The summed E-state index contributed by atoms with van der Waals surface area (Å²) in [6, 6.07) is 0. The van der Waals surface area contributed by atoms with E-state index in [1.54, 1.807) is 0 Å². The number of aliphatic hydroxyl groups is 3. The van der Waals surface area contributed by atoms with E-state index in [-0.39, 0.29) is 11.8 Å². The minimum Gasteiger partial charge on any atom is -0.393 e. The van der Waals surface area contributed by atoms with E-state index in [1.165, 1.54) is 0 Å². The van der Waals surface area contributed by atoms with E-state index in [0.717, 1.165) is 38.5 Å². The predicted octanol–water partition coefficient (Wildman–Crippen LogP) is 3.59. The number of allylic oxidation sites excluding steroid dienone is 2. The standard InChI is InChI=1S/C19H34O3/c1-4-6-8-10-15-16(18(21)14-17(15)20)11-13-19(3,22)12-9-7-5-2/h6,8,11,13,15-18,20-22H,4-5,7,9-10,12,14H2,1-3H3/b8-6-,13-11+/t15?,16?,17-,18+,19?/m0/s1. The summed E-state index contributed by atoms with van der Waals surface area (Å²) in [5.41, 5.74) is -0.827. The molecule has 0 heterocycles. The average Bonchev–Trinajstić information content (AvgIpc) is 2.71.